The SMILES string of the molecule is CNS(=O)(=O)CCn1ccc2c1CC(C)(C)CC2O. The van der Waals surface area contributed by atoms with Crippen LogP contribution in [-0.2, 0) is 23.0 Å². The monoisotopic (exact) mass is 286 g/mol. The Morgan fingerprint density at radius 1 is 1.53 bits per heavy atom. The van der Waals surface area contributed by atoms with Gasteiger partial charge in [0.05, 0.1) is 11.9 Å². The van der Waals surface area contributed by atoms with E-state index in [9.17, 15) is 13.5 Å². The van der Waals surface area contributed by atoms with Gasteiger partial charge in [-0.1, -0.05) is 13.8 Å². The fourth-order valence-electron chi connectivity index (χ4n) is 2.72. The molecule has 0 saturated carbocycles. The maximum absolute atomic E-state index is 11.5. The minimum atomic E-state index is -3.20. The van der Waals surface area contributed by atoms with Gasteiger partial charge in [0.2, 0.25) is 10.0 Å². The molecule has 1 aromatic rings. The predicted octanol–water partition coefficient (Wildman–Crippen LogP) is 1.04. The van der Waals surface area contributed by atoms with Crippen LogP contribution in [0.4, 0.5) is 0 Å². The van der Waals surface area contributed by atoms with Crippen molar-refractivity contribution in [2.45, 2.75) is 39.3 Å². The first-order valence-corrected chi connectivity index (χ1v) is 8.16. The number of aryl methyl sites for hydroxylation is 1. The Morgan fingerprint density at radius 2 is 2.21 bits per heavy atom. The average Bonchev–Trinajstić information content (AvgIpc) is 2.68. The molecule has 1 heterocycles. The quantitative estimate of drug-likeness (QED) is 0.869. The van der Waals surface area contributed by atoms with Crippen molar-refractivity contribution in [2.75, 3.05) is 12.8 Å². The van der Waals surface area contributed by atoms with Crippen LogP contribution in [0.5, 0.6) is 0 Å². The zero-order valence-electron chi connectivity index (χ0n) is 11.7. The molecular formula is C13H22N2O3S. The van der Waals surface area contributed by atoms with Crippen LogP contribution < -0.4 is 4.72 Å². The summed E-state index contributed by atoms with van der Waals surface area (Å²) >= 11 is 0. The van der Waals surface area contributed by atoms with Gasteiger partial charge in [0, 0.05) is 24.0 Å². The van der Waals surface area contributed by atoms with E-state index in [-0.39, 0.29) is 11.2 Å². The van der Waals surface area contributed by atoms with Gasteiger partial charge in [0.25, 0.3) is 0 Å². The smallest absolute Gasteiger partial charge is 0.213 e. The average molecular weight is 286 g/mol. The van der Waals surface area contributed by atoms with Crippen LogP contribution in [0.1, 0.15) is 37.6 Å². The molecule has 0 fully saturated rings. The highest BCUT2D eigenvalue weighted by Gasteiger charge is 2.33. The molecule has 1 atom stereocenters. The Bertz CT molecular complexity index is 560. The lowest BCUT2D eigenvalue weighted by atomic mass is 9.75. The molecule has 0 aromatic carbocycles. The standard InChI is InChI=1S/C13H22N2O3S/c1-13(2)8-11-10(12(16)9-13)4-5-15(11)6-7-19(17,18)14-3/h4-5,12,14,16H,6-9H2,1-3H3. The van der Waals surface area contributed by atoms with E-state index in [1.165, 1.54) is 7.05 Å². The molecule has 0 radical (unpaired) electrons. The second-order valence-electron chi connectivity index (χ2n) is 6.00. The third kappa shape index (κ3) is 3.19. The summed E-state index contributed by atoms with van der Waals surface area (Å²) in [5.41, 5.74) is 2.06. The number of hydrogen-bond donors (Lipinski definition) is 2. The first-order chi connectivity index (χ1) is 8.74. The number of aliphatic hydroxyl groups is 1. The predicted molar refractivity (Wildman–Crippen MR) is 74.3 cm³/mol. The van der Waals surface area contributed by atoms with E-state index < -0.39 is 16.1 Å². The van der Waals surface area contributed by atoms with Crippen molar-refractivity contribution < 1.29 is 13.5 Å². The highest BCUT2D eigenvalue weighted by molar-refractivity contribution is 7.89. The van der Waals surface area contributed by atoms with Crippen LogP contribution in [-0.4, -0.2) is 30.9 Å². The number of aliphatic hydroxyl groups excluding tert-OH is 1. The van der Waals surface area contributed by atoms with E-state index in [2.05, 4.69) is 18.6 Å². The van der Waals surface area contributed by atoms with Crippen LogP contribution >= 0.6 is 0 Å². The molecule has 0 amide bonds. The lowest BCUT2D eigenvalue weighted by Gasteiger charge is -2.34. The molecule has 0 aliphatic heterocycles. The molecule has 1 aliphatic rings. The Balaban J connectivity index is 2.21. The van der Waals surface area contributed by atoms with Gasteiger partial charge in [-0.15, -0.1) is 0 Å². The van der Waals surface area contributed by atoms with Crippen molar-refractivity contribution in [1.82, 2.24) is 9.29 Å². The van der Waals surface area contributed by atoms with E-state index >= 15 is 0 Å². The number of rotatable bonds is 4. The van der Waals surface area contributed by atoms with Gasteiger partial charge >= 0.3 is 0 Å². The minimum absolute atomic E-state index is 0.0460. The molecule has 1 aliphatic carbocycles. The van der Waals surface area contributed by atoms with Gasteiger partial charge in [-0.05, 0) is 31.4 Å². The van der Waals surface area contributed by atoms with Gasteiger partial charge in [-0.25, -0.2) is 13.1 Å². The maximum atomic E-state index is 11.5. The van der Waals surface area contributed by atoms with E-state index in [0.717, 1.165) is 24.1 Å². The molecule has 6 heteroatoms. The van der Waals surface area contributed by atoms with Crippen LogP contribution in [0.25, 0.3) is 0 Å². The van der Waals surface area contributed by atoms with Gasteiger partial charge in [0.1, 0.15) is 0 Å². The van der Waals surface area contributed by atoms with Crippen LogP contribution in [0.15, 0.2) is 12.3 Å². The van der Waals surface area contributed by atoms with E-state index in [4.69, 9.17) is 0 Å². The fraction of sp³-hybridized carbons (Fsp3) is 0.692. The summed E-state index contributed by atoms with van der Waals surface area (Å²) in [6.07, 6.45) is 3.05. The molecule has 5 nitrogen and oxygen atoms in total. The molecule has 108 valence electrons. The third-order valence-electron chi connectivity index (χ3n) is 3.78. The summed E-state index contributed by atoms with van der Waals surface area (Å²) < 4.78 is 27.2. The minimum Gasteiger partial charge on any atom is -0.388 e. The number of hydrogen-bond acceptors (Lipinski definition) is 3. The van der Waals surface area contributed by atoms with Crippen molar-refractivity contribution >= 4 is 10.0 Å². The van der Waals surface area contributed by atoms with Gasteiger partial charge in [0.15, 0.2) is 0 Å². The first-order valence-electron chi connectivity index (χ1n) is 6.51. The normalized spacial score (nSPS) is 22.2. The van der Waals surface area contributed by atoms with Crippen molar-refractivity contribution in [2.24, 2.45) is 5.41 Å². The summed E-state index contributed by atoms with van der Waals surface area (Å²) in [5, 5.41) is 10.1. The Labute approximate surface area is 114 Å². The van der Waals surface area contributed by atoms with Crippen molar-refractivity contribution in [3.8, 4) is 0 Å². The molecule has 0 spiro atoms. The fourth-order valence-corrected chi connectivity index (χ4v) is 3.36. The van der Waals surface area contributed by atoms with Crippen molar-refractivity contribution in [3.63, 3.8) is 0 Å². The van der Waals surface area contributed by atoms with Crippen molar-refractivity contribution in [1.29, 1.82) is 0 Å². The highest BCUT2D eigenvalue weighted by Crippen LogP contribution is 2.40. The molecule has 2 rings (SSSR count). The number of nitrogens with zero attached hydrogens (tertiary/aromatic N) is 1. The highest BCUT2D eigenvalue weighted by atomic mass is 32.2. The summed E-state index contributed by atoms with van der Waals surface area (Å²) in [5.74, 6) is 0.0567. The number of sulfonamides is 1. The Morgan fingerprint density at radius 3 is 2.84 bits per heavy atom. The number of nitrogens with one attached hydrogen (secondary N) is 1. The van der Waals surface area contributed by atoms with Gasteiger partial charge < -0.3 is 9.67 Å². The number of fused-ring (bicyclic) bond motifs is 1. The van der Waals surface area contributed by atoms with Crippen LogP contribution in [0, 0.1) is 5.41 Å². The Kier molecular flexibility index (Phi) is 3.77. The maximum Gasteiger partial charge on any atom is 0.213 e. The zero-order chi connectivity index (χ0) is 14.3. The summed E-state index contributed by atoms with van der Waals surface area (Å²) in [6, 6.07) is 1.90. The molecule has 0 saturated heterocycles. The Hall–Kier alpha value is -0.850. The van der Waals surface area contributed by atoms with Crippen molar-refractivity contribution in [3.05, 3.63) is 23.5 Å². The molecule has 0 bridgehead atoms. The summed E-state index contributed by atoms with van der Waals surface area (Å²) in [6.45, 7) is 4.67. The summed E-state index contributed by atoms with van der Waals surface area (Å²) in [7, 11) is -1.77. The van der Waals surface area contributed by atoms with Crippen LogP contribution in [0.3, 0.4) is 0 Å². The first kappa shape index (κ1) is 14.6. The third-order valence-corrected chi connectivity index (χ3v) is 5.12. The molecule has 1 unspecified atom stereocenters. The lowest BCUT2D eigenvalue weighted by molar-refractivity contribution is 0.0980. The lowest BCUT2D eigenvalue weighted by Crippen LogP contribution is -2.29. The topological polar surface area (TPSA) is 71.3 Å². The second kappa shape index (κ2) is 4.92. The van der Waals surface area contributed by atoms with Gasteiger partial charge in [-0.3, -0.25) is 0 Å². The summed E-state index contributed by atoms with van der Waals surface area (Å²) in [4.78, 5) is 0. The second-order valence-corrected chi connectivity index (χ2v) is 8.04. The van der Waals surface area contributed by atoms with E-state index in [0.29, 0.717) is 6.54 Å². The molecule has 2 N–H and O–H groups in total. The van der Waals surface area contributed by atoms with E-state index in [1.54, 1.807) is 0 Å². The molecule has 19 heavy (non-hydrogen) atoms. The van der Waals surface area contributed by atoms with Crippen LogP contribution in [0.2, 0.25) is 0 Å². The van der Waals surface area contributed by atoms with Gasteiger partial charge in [-0.2, -0.15) is 0 Å². The largest absolute Gasteiger partial charge is 0.388 e. The molecule has 1 aromatic heterocycles. The number of aromatic nitrogens is 1. The molecular weight excluding hydrogens is 264 g/mol. The van der Waals surface area contributed by atoms with E-state index in [1.807, 2.05) is 16.8 Å². The zero-order valence-corrected chi connectivity index (χ0v) is 12.5.